The fraction of sp³-hybridized carbons (Fsp3) is 0.0741. The number of hydrogen-bond donors (Lipinski definition) is 2. The first kappa shape index (κ1) is 19.3. The van der Waals surface area contributed by atoms with Crippen molar-refractivity contribution < 1.29 is 9.53 Å². The molecule has 5 aromatic rings. The number of nitrogens with zero attached hydrogens (tertiary/aromatic N) is 2. The summed E-state index contributed by atoms with van der Waals surface area (Å²) in [5.41, 5.74) is 7.64. The minimum Gasteiger partial charge on any atom is -0.497 e. The van der Waals surface area contributed by atoms with E-state index in [4.69, 9.17) is 9.72 Å². The van der Waals surface area contributed by atoms with Crippen LogP contribution in [0.1, 0.15) is 27.5 Å². The lowest BCUT2D eigenvalue weighted by Crippen LogP contribution is -2.28. The Hall–Kier alpha value is -4.45. The molecule has 0 aliphatic heterocycles. The molecule has 3 aromatic carbocycles. The third kappa shape index (κ3) is 3.15. The molecule has 6 nitrogen and oxygen atoms in total. The van der Waals surface area contributed by atoms with Crippen molar-refractivity contribution in [2.24, 2.45) is 0 Å². The highest BCUT2D eigenvalue weighted by molar-refractivity contribution is 5.97. The summed E-state index contributed by atoms with van der Waals surface area (Å²) in [6.07, 6.45) is 3.52. The number of aromatic nitrogens is 3. The summed E-state index contributed by atoms with van der Waals surface area (Å²) in [4.78, 5) is 25.5. The van der Waals surface area contributed by atoms with E-state index in [1.165, 1.54) is 0 Å². The molecule has 1 aliphatic carbocycles. The summed E-state index contributed by atoms with van der Waals surface area (Å²) in [7, 11) is 1.61. The molecule has 160 valence electrons. The van der Waals surface area contributed by atoms with Crippen molar-refractivity contribution in [3.05, 3.63) is 102 Å². The van der Waals surface area contributed by atoms with E-state index in [9.17, 15) is 4.79 Å². The molecule has 0 radical (unpaired) electrons. The van der Waals surface area contributed by atoms with Crippen molar-refractivity contribution in [1.29, 1.82) is 0 Å². The van der Waals surface area contributed by atoms with Crippen molar-refractivity contribution in [1.82, 2.24) is 20.3 Å². The topological polar surface area (TPSA) is 79.9 Å². The van der Waals surface area contributed by atoms with Gasteiger partial charge in [0.05, 0.1) is 30.4 Å². The van der Waals surface area contributed by atoms with E-state index in [0.29, 0.717) is 11.3 Å². The standard InChI is InChI=1S/C27H20N4O2/c1-33-17-11-9-16(10-12-17)27(32)31-25-19-6-3-2-5-18(19)24-20(25)7-4-8-21(24)26-29-22-13-14-28-15-23(22)30-26/h2-15,25H,1H3,(H,29,30)(H,31,32). The van der Waals surface area contributed by atoms with Gasteiger partial charge in [0.1, 0.15) is 11.6 Å². The molecule has 1 unspecified atom stereocenters. The summed E-state index contributed by atoms with van der Waals surface area (Å²) < 4.78 is 5.21. The number of benzene rings is 3. The molecule has 2 aromatic heterocycles. The maximum atomic E-state index is 13.1. The number of H-pyrrole nitrogens is 1. The van der Waals surface area contributed by atoms with Crippen LogP contribution < -0.4 is 10.1 Å². The number of hydrogen-bond acceptors (Lipinski definition) is 4. The molecule has 1 aliphatic rings. The maximum absolute atomic E-state index is 13.1. The highest BCUT2D eigenvalue weighted by atomic mass is 16.5. The van der Waals surface area contributed by atoms with Gasteiger partial charge >= 0.3 is 0 Å². The third-order valence-electron chi connectivity index (χ3n) is 6.11. The lowest BCUT2D eigenvalue weighted by Gasteiger charge is -2.16. The normalized spacial score (nSPS) is 14.0. The van der Waals surface area contributed by atoms with E-state index in [-0.39, 0.29) is 11.9 Å². The van der Waals surface area contributed by atoms with Crippen LogP contribution >= 0.6 is 0 Å². The lowest BCUT2D eigenvalue weighted by atomic mass is 9.98. The highest BCUT2D eigenvalue weighted by Crippen LogP contribution is 2.47. The smallest absolute Gasteiger partial charge is 0.252 e. The number of carbonyl (C=O) groups is 1. The Morgan fingerprint density at radius 1 is 0.939 bits per heavy atom. The number of ether oxygens (including phenoxy) is 1. The zero-order valence-electron chi connectivity index (χ0n) is 17.9. The second-order valence-corrected chi connectivity index (χ2v) is 7.97. The van der Waals surface area contributed by atoms with Gasteiger partial charge in [0.2, 0.25) is 0 Å². The van der Waals surface area contributed by atoms with E-state index < -0.39 is 0 Å². The molecule has 1 amide bonds. The van der Waals surface area contributed by atoms with Gasteiger partial charge in [-0.1, -0.05) is 42.5 Å². The van der Waals surface area contributed by atoms with Gasteiger partial charge in [-0.15, -0.1) is 0 Å². The quantitative estimate of drug-likeness (QED) is 0.412. The predicted molar refractivity (Wildman–Crippen MR) is 127 cm³/mol. The minimum atomic E-state index is -0.253. The fourth-order valence-electron chi connectivity index (χ4n) is 4.55. The van der Waals surface area contributed by atoms with Crippen LogP contribution in [0.3, 0.4) is 0 Å². The number of carbonyl (C=O) groups excluding carboxylic acids is 1. The Balaban J connectivity index is 1.44. The van der Waals surface area contributed by atoms with Gasteiger partial charge in [-0.25, -0.2) is 4.98 Å². The SMILES string of the molecule is COc1ccc(C(=O)NC2c3ccccc3-c3c(-c4nc5ccncc5[nH]4)cccc32)cc1. The molecule has 2 heterocycles. The summed E-state index contributed by atoms with van der Waals surface area (Å²) in [5.74, 6) is 1.37. The molecule has 0 fully saturated rings. The number of nitrogens with one attached hydrogen (secondary N) is 2. The Morgan fingerprint density at radius 3 is 2.55 bits per heavy atom. The molecule has 6 rings (SSSR count). The Bertz CT molecular complexity index is 1470. The van der Waals surface area contributed by atoms with Crippen LogP contribution in [0.2, 0.25) is 0 Å². The Morgan fingerprint density at radius 2 is 1.73 bits per heavy atom. The average Bonchev–Trinajstić information content (AvgIpc) is 3.44. The zero-order valence-corrected chi connectivity index (χ0v) is 17.9. The molecule has 0 saturated carbocycles. The van der Waals surface area contributed by atoms with Crippen LogP contribution in [0, 0.1) is 0 Å². The summed E-state index contributed by atoms with van der Waals surface area (Å²) >= 11 is 0. The van der Waals surface area contributed by atoms with E-state index in [1.807, 2.05) is 24.3 Å². The average molecular weight is 432 g/mol. The largest absolute Gasteiger partial charge is 0.497 e. The van der Waals surface area contributed by atoms with Gasteiger partial charge in [0.15, 0.2) is 0 Å². The number of pyridine rings is 1. The highest BCUT2D eigenvalue weighted by Gasteiger charge is 2.32. The molecular formula is C27H20N4O2. The molecule has 33 heavy (non-hydrogen) atoms. The summed E-state index contributed by atoms with van der Waals surface area (Å²) in [6.45, 7) is 0. The van der Waals surface area contributed by atoms with Gasteiger partial charge in [-0.2, -0.15) is 0 Å². The minimum absolute atomic E-state index is 0.134. The number of imidazole rings is 1. The van der Waals surface area contributed by atoms with Crippen LogP contribution in [0.25, 0.3) is 33.5 Å². The van der Waals surface area contributed by atoms with Crippen LogP contribution in [0.15, 0.2) is 85.2 Å². The molecule has 2 N–H and O–H groups in total. The van der Waals surface area contributed by atoms with Crippen LogP contribution in [0.5, 0.6) is 5.75 Å². The van der Waals surface area contributed by atoms with Gasteiger partial charge in [0.25, 0.3) is 5.91 Å². The second kappa shape index (κ2) is 7.60. The van der Waals surface area contributed by atoms with Gasteiger partial charge in [-0.05, 0) is 52.6 Å². The number of fused-ring (bicyclic) bond motifs is 4. The Kier molecular flexibility index (Phi) is 4.43. The van der Waals surface area contributed by atoms with Gasteiger partial charge in [-0.3, -0.25) is 9.78 Å². The van der Waals surface area contributed by atoms with E-state index in [1.54, 1.807) is 43.8 Å². The summed E-state index contributed by atoms with van der Waals surface area (Å²) in [6, 6.07) is 23.1. The van der Waals surface area contributed by atoms with Crippen molar-refractivity contribution in [2.45, 2.75) is 6.04 Å². The lowest BCUT2D eigenvalue weighted by molar-refractivity contribution is 0.0943. The predicted octanol–water partition coefficient (Wildman–Crippen LogP) is 5.13. The fourth-order valence-corrected chi connectivity index (χ4v) is 4.55. The van der Waals surface area contributed by atoms with Crippen molar-refractivity contribution >= 4 is 16.9 Å². The molecule has 0 saturated heterocycles. The third-order valence-corrected chi connectivity index (χ3v) is 6.11. The van der Waals surface area contributed by atoms with Crippen LogP contribution in [-0.2, 0) is 0 Å². The number of methoxy groups -OCH3 is 1. The van der Waals surface area contributed by atoms with E-state index in [0.717, 1.165) is 44.7 Å². The molecule has 0 bridgehead atoms. The first-order valence-corrected chi connectivity index (χ1v) is 10.7. The monoisotopic (exact) mass is 432 g/mol. The first-order chi connectivity index (χ1) is 16.2. The summed E-state index contributed by atoms with van der Waals surface area (Å²) in [5, 5.41) is 3.23. The molecule has 0 spiro atoms. The van der Waals surface area contributed by atoms with Gasteiger partial charge < -0.3 is 15.0 Å². The van der Waals surface area contributed by atoms with Crippen molar-refractivity contribution in [2.75, 3.05) is 7.11 Å². The number of amides is 1. The van der Waals surface area contributed by atoms with Crippen molar-refractivity contribution in [3.8, 4) is 28.3 Å². The number of rotatable bonds is 4. The van der Waals surface area contributed by atoms with Crippen LogP contribution in [-0.4, -0.2) is 28.0 Å². The van der Waals surface area contributed by atoms with E-state index in [2.05, 4.69) is 39.6 Å². The maximum Gasteiger partial charge on any atom is 0.252 e. The van der Waals surface area contributed by atoms with Gasteiger partial charge in [0, 0.05) is 17.3 Å². The zero-order chi connectivity index (χ0) is 22.4. The molecule has 1 atom stereocenters. The first-order valence-electron chi connectivity index (χ1n) is 10.7. The van der Waals surface area contributed by atoms with Crippen molar-refractivity contribution in [3.63, 3.8) is 0 Å². The number of aromatic amines is 1. The second-order valence-electron chi connectivity index (χ2n) is 7.97. The van der Waals surface area contributed by atoms with Crippen LogP contribution in [0.4, 0.5) is 0 Å². The van der Waals surface area contributed by atoms with E-state index >= 15 is 0 Å². The molecule has 6 heteroatoms. The molecular weight excluding hydrogens is 412 g/mol. The Labute approximate surface area is 190 Å².